The SMILES string of the molecule is N[C@H](C(=O)Nc1cc2c(cn1)C1(CCOCC1)C(=O)N2)C1CCCCC1. The first-order chi connectivity index (χ1) is 12.6. The summed E-state index contributed by atoms with van der Waals surface area (Å²) in [5.74, 6) is 0.474. The van der Waals surface area contributed by atoms with Crippen LogP contribution in [0.2, 0.25) is 0 Å². The number of amides is 2. The van der Waals surface area contributed by atoms with Gasteiger partial charge in [0.25, 0.3) is 0 Å². The van der Waals surface area contributed by atoms with Crippen LogP contribution in [0.5, 0.6) is 0 Å². The maximum Gasteiger partial charge on any atom is 0.242 e. The van der Waals surface area contributed by atoms with Crippen molar-refractivity contribution in [1.29, 1.82) is 0 Å². The number of hydrogen-bond donors (Lipinski definition) is 3. The Labute approximate surface area is 153 Å². The molecular formula is C19H26N4O3. The van der Waals surface area contributed by atoms with Gasteiger partial charge in [0.1, 0.15) is 5.82 Å². The molecule has 0 aromatic carbocycles. The fourth-order valence-corrected chi connectivity index (χ4v) is 4.51. The number of anilines is 2. The maximum atomic E-state index is 12.6. The number of nitrogens with two attached hydrogens (primary N) is 1. The van der Waals surface area contributed by atoms with E-state index in [9.17, 15) is 9.59 Å². The number of ether oxygens (including phenoxy) is 1. The monoisotopic (exact) mass is 358 g/mol. The van der Waals surface area contributed by atoms with E-state index in [0.29, 0.717) is 31.9 Å². The lowest BCUT2D eigenvalue weighted by atomic mass is 9.76. The summed E-state index contributed by atoms with van der Waals surface area (Å²) >= 11 is 0. The third kappa shape index (κ3) is 2.99. The largest absolute Gasteiger partial charge is 0.381 e. The molecule has 3 heterocycles. The molecule has 0 bridgehead atoms. The summed E-state index contributed by atoms with van der Waals surface area (Å²) in [6.07, 6.45) is 8.54. The number of rotatable bonds is 3. The minimum absolute atomic E-state index is 0.0000152. The van der Waals surface area contributed by atoms with Gasteiger partial charge in [-0.2, -0.15) is 0 Å². The number of carbonyl (C=O) groups is 2. The topological polar surface area (TPSA) is 106 Å². The number of nitrogens with one attached hydrogen (secondary N) is 2. The summed E-state index contributed by atoms with van der Waals surface area (Å²) in [6, 6.07) is 1.23. The van der Waals surface area contributed by atoms with Crippen LogP contribution in [0.4, 0.5) is 11.5 Å². The Morgan fingerprint density at radius 1 is 1.31 bits per heavy atom. The minimum atomic E-state index is -0.540. The van der Waals surface area contributed by atoms with Gasteiger partial charge in [-0.1, -0.05) is 19.3 Å². The molecular weight excluding hydrogens is 332 g/mol. The van der Waals surface area contributed by atoms with Crippen molar-refractivity contribution < 1.29 is 14.3 Å². The van der Waals surface area contributed by atoms with E-state index < -0.39 is 11.5 Å². The summed E-state index contributed by atoms with van der Waals surface area (Å²) in [4.78, 5) is 29.4. The van der Waals surface area contributed by atoms with Gasteiger partial charge in [-0.25, -0.2) is 4.98 Å². The highest BCUT2D eigenvalue weighted by Crippen LogP contribution is 2.44. The molecule has 1 aromatic rings. The van der Waals surface area contributed by atoms with Crippen molar-refractivity contribution in [2.75, 3.05) is 23.8 Å². The maximum absolute atomic E-state index is 12.6. The zero-order valence-electron chi connectivity index (χ0n) is 14.9. The van der Waals surface area contributed by atoms with Gasteiger partial charge in [-0.3, -0.25) is 9.59 Å². The predicted octanol–water partition coefficient (Wildman–Crippen LogP) is 1.93. The molecule has 1 aliphatic carbocycles. The Hall–Kier alpha value is -1.99. The molecule has 7 heteroatoms. The van der Waals surface area contributed by atoms with Gasteiger partial charge in [-0.15, -0.1) is 0 Å². The van der Waals surface area contributed by atoms with E-state index >= 15 is 0 Å². The molecule has 1 aromatic heterocycles. The Morgan fingerprint density at radius 3 is 2.77 bits per heavy atom. The molecule has 1 spiro atoms. The molecule has 0 radical (unpaired) electrons. The van der Waals surface area contributed by atoms with Crippen molar-refractivity contribution in [3.05, 3.63) is 17.8 Å². The van der Waals surface area contributed by atoms with Crippen LogP contribution < -0.4 is 16.4 Å². The standard InChI is InChI=1S/C19H26N4O3/c20-16(12-4-2-1-3-5-12)17(24)23-15-10-14-13(11-21-15)19(18(25)22-14)6-8-26-9-7-19/h10-12,16H,1-9,20H2,(H,22,25)(H,21,23,24)/t16-/m0/s1. The van der Waals surface area contributed by atoms with Crippen molar-refractivity contribution in [3.8, 4) is 0 Å². The highest BCUT2D eigenvalue weighted by molar-refractivity contribution is 6.07. The highest BCUT2D eigenvalue weighted by Gasteiger charge is 2.48. The van der Waals surface area contributed by atoms with Gasteiger partial charge in [0.2, 0.25) is 11.8 Å². The van der Waals surface area contributed by atoms with Gasteiger partial charge < -0.3 is 21.1 Å². The second-order valence-corrected chi connectivity index (χ2v) is 7.68. The van der Waals surface area contributed by atoms with Crippen LogP contribution in [-0.2, 0) is 19.7 Å². The first-order valence-electron chi connectivity index (χ1n) is 9.56. The molecule has 2 amide bonds. The van der Waals surface area contributed by atoms with E-state index in [-0.39, 0.29) is 17.7 Å². The van der Waals surface area contributed by atoms with Crippen LogP contribution in [0.1, 0.15) is 50.5 Å². The van der Waals surface area contributed by atoms with E-state index in [1.165, 1.54) is 6.42 Å². The van der Waals surface area contributed by atoms with Gasteiger partial charge >= 0.3 is 0 Å². The third-order valence-corrected chi connectivity index (χ3v) is 6.16. The van der Waals surface area contributed by atoms with Gasteiger partial charge in [0.05, 0.1) is 17.1 Å². The number of nitrogens with zero attached hydrogens (tertiary/aromatic N) is 1. The molecule has 4 N–H and O–H groups in total. The second kappa shape index (κ2) is 6.96. The van der Waals surface area contributed by atoms with Crippen molar-refractivity contribution in [2.45, 2.75) is 56.4 Å². The second-order valence-electron chi connectivity index (χ2n) is 7.68. The van der Waals surface area contributed by atoms with Crippen LogP contribution in [0.25, 0.3) is 0 Å². The molecule has 2 fully saturated rings. The van der Waals surface area contributed by atoms with Crippen LogP contribution >= 0.6 is 0 Å². The van der Waals surface area contributed by atoms with E-state index in [2.05, 4.69) is 15.6 Å². The number of hydrogen-bond acceptors (Lipinski definition) is 5. The van der Waals surface area contributed by atoms with Gasteiger partial charge in [-0.05, 0) is 31.6 Å². The summed E-state index contributed by atoms with van der Waals surface area (Å²) in [5.41, 5.74) is 7.26. The molecule has 0 unspecified atom stereocenters. The molecule has 4 rings (SSSR count). The molecule has 2 aliphatic heterocycles. The van der Waals surface area contributed by atoms with E-state index in [0.717, 1.165) is 36.9 Å². The van der Waals surface area contributed by atoms with Crippen molar-refractivity contribution in [2.24, 2.45) is 11.7 Å². The zero-order chi connectivity index (χ0) is 18.1. The molecule has 1 saturated carbocycles. The first-order valence-corrected chi connectivity index (χ1v) is 9.56. The van der Waals surface area contributed by atoms with Crippen molar-refractivity contribution in [1.82, 2.24) is 4.98 Å². The quantitative estimate of drug-likeness (QED) is 0.765. The van der Waals surface area contributed by atoms with Crippen molar-refractivity contribution in [3.63, 3.8) is 0 Å². The van der Waals surface area contributed by atoms with Crippen molar-refractivity contribution >= 4 is 23.3 Å². The van der Waals surface area contributed by atoms with Gasteiger partial charge in [0, 0.05) is 31.0 Å². The average molecular weight is 358 g/mol. The minimum Gasteiger partial charge on any atom is -0.381 e. The lowest BCUT2D eigenvalue weighted by Gasteiger charge is -2.31. The smallest absolute Gasteiger partial charge is 0.242 e. The number of pyridine rings is 1. The first kappa shape index (κ1) is 17.4. The van der Waals surface area contributed by atoms with Gasteiger partial charge in [0.15, 0.2) is 0 Å². The number of carbonyl (C=O) groups excluding carboxylic acids is 2. The summed E-state index contributed by atoms with van der Waals surface area (Å²) in [6.45, 7) is 1.14. The highest BCUT2D eigenvalue weighted by atomic mass is 16.5. The van der Waals surface area contributed by atoms with Crippen LogP contribution in [-0.4, -0.2) is 36.1 Å². The lowest BCUT2D eigenvalue weighted by Crippen LogP contribution is -2.42. The van der Waals surface area contributed by atoms with Crippen LogP contribution in [0, 0.1) is 5.92 Å². The van der Waals surface area contributed by atoms with E-state index in [1.807, 2.05) is 0 Å². The van der Waals surface area contributed by atoms with E-state index in [1.54, 1.807) is 12.3 Å². The van der Waals surface area contributed by atoms with Crippen LogP contribution in [0.15, 0.2) is 12.3 Å². The average Bonchev–Trinajstić information content (AvgIpc) is 2.93. The zero-order valence-corrected chi connectivity index (χ0v) is 14.9. The normalized spacial score (nSPS) is 23.3. The Kier molecular flexibility index (Phi) is 4.67. The molecule has 3 aliphatic rings. The Balaban J connectivity index is 1.49. The Morgan fingerprint density at radius 2 is 2.04 bits per heavy atom. The molecule has 1 atom stereocenters. The summed E-state index contributed by atoms with van der Waals surface area (Å²) in [7, 11) is 0. The third-order valence-electron chi connectivity index (χ3n) is 6.16. The molecule has 26 heavy (non-hydrogen) atoms. The fourth-order valence-electron chi connectivity index (χ4n) is 4.51. The number of fused-ring (bicyclic) bond motifs is 2. The summed E-state index contributed by atoms with van der Waals surface area (Å²) in [5, 5.41) is 5.77. The summed E-state index contributed by atoms with van der Waals surface area (Å²) < 4.78 is 5.41. The predicted molar refractivity (Wildman–Crippen MR) is 97.8 cm³/mol. The Bertz CT molecular complexity index is 709. The van der Waals surface area contributed by atoms with E-state index in [4.69, 9.17) is 10.5 Å². The molecule has 7 nitrogen and oxygen atoms in total. The molecule has 140 valence electrons. The molecule has 1 saturated heterocycles. The van der Waals surface area contributed by atoms with Crippen LogP contribution in [0.3, 0.4) is 0 Å². The fraction of sp³-hybridized carbons (Fsp3) is 0.632. The lowest BCUT2D eigenvalue weighted by molar-refractivity contribution is -0.124. The number of aromatic nitrogens is 1.